The SMILES string of the molecule is CN(Cc1cccc(Cl)c1)c1cccc(Cl)c1CBr. The Morgan fingerprint density at radius 2 is 1.84 bits per heavy atom. The molecule has 0 heterocycles. The summed E-state index contributed by atoms with van der Waals surface area (Å²) in [6.07, 6.45) is 0. The van der Waals surface area contributed by atoms with Gasteiger partial charge in [-0.15, -0.1) is 0 Å². The maximum absolute atomic E-state index is 6.22. The van der Waals surface area contributed by atoms with Crippen LogP contribution in [0.5, 0.6) is 0 Å². The van der Waals surface area contributed by atoms with Gasteiger partial charge in [-0.2, -0.15) is 0 Å². The van der Waals surface area contributed by atoms with Crippen molar-refractivity contribution < 1.29 is 0 Å². The second kappa shape index (κ2) is 6.65. The van der Waals surface area contributed by atoms with Crippen molar-refractivity contribution in [1.29, 1.82) is 0 Å². The van der Waals surface area contributed by atoms with E-state index >= 15 is 0 Å². The summed E-state index contributed by atoms with van der Waals surface area (Å²) in [5, 5.41) is 2.28. The first-order valence-electron chi connectivity index (χ1n) is 5.90. The minimum absolute atomic E-state index is 0.738. The van der Waals surface area contributed by atoms with Gasteiger partial charge in [-0.1, -0.05) is 57.3 Å². The Morgan fingerprint density at radius 1 is 1.11 bits per heavy atom. The second-order valence-electron chi connectivity index (χ2n) is 4.36. The van der Waals surface area contributed by atoms with Gasteiger partial charge in [-0.05, 0) is 29.8 Å². The third-order valence-electron chi connectivity index (χ3n) is 2.95. The van der Waals surface area contributed by atoms with Crippen LogP contribution in [-0.4, -0.2) is 7.05 Å². The average molecular weight is 359 g/mol. The minimum Gasteiger partial charge on any atom is -0.370 e. The Balaban J connectivity index is 2.25. The zero-order valence-electron chi connectivity index (χ0n) is 10.5. The number of hydrogen-bond acceptors (Lipinski definition) is 1. The first-order chi connectivity index (χ1) is 9.11. The molecular formula is C15H14BrCl2N. The molecule has 100 valence electrons. The summed E-state index contributed by atoms with van der Waals surface area (Å²) in [7, 11) is 2.05. The highest BCUT2D eigenvalue weighted by Gasteiger charge is 2.10. The number of alkyl halides is 1. The fourth-order valence-corrected chi connectivity index (χ4v) is 3.23. The first-order valence-corrected chi connectivity index (χ1v) is 7.78. The predicted octanol–water partition coefficient (Wildman–Crippen LogP) is 5.52. The normalized spacial score (nSPS) is 10.5. The van der Waals surface area contributed by atoms with E-state index in [-0.39, 0.29) is 0 Å². The largest absolute Gasteiger partial charge is 0.370 e. The first kappa shape index (κ1) is 14.7. The van der Waals surface area contributed by atoms with Crippen LogP contribution in [0, 0.1) is 0 Å². The van der Waals surface area contributed by atoms with E-state index in [2.05, 4.69) is 40.0 Å². The van der Waals surface area contributed by atoms with Crippen molar-refractivity contribution in [3.8, 4) is 0 Å². The van der Waals surface area contributed by atoms with Gasteiger partial charge in [0, 0.05) is 40.2 Å². The molecule has 0 saturated carbocycles. The number of hydrogen-bond donors (Lipinski definition) is 0. The molecule has 1 nitrogen and oxygen atoms in total. The standard InChI is InChI=1S/C15H14BrCl2N/c1-19(10-11-4-2-5-12(17)8-11)15-7-3-6-14(18)13(15)9-16/h2-8H,9-10H2,1H3. The number of benzene rings is 2. The van der Waals surface area contributed by atoms with Crippen molar-refractivity contribution in [2.24, 2.45) is 0 Å². The van der Waals surface area contributed by atoms with Gasteiger partial charge >= 0.3 is 0 Å². The van der Waals surface area contributed by atoms with E-state index in [0.717, 1.165) is 33.2 Å². The number of halogens is 3. The monoisotopic (exact) mass is 357 g/mol. The van der Waals surface area contributed by atoms with Crippen LogP contribution in [0.1, 0.15) is 11.1 Å². The van der Waals surface area contributed by atoms with Crippen molar-refractivity contribution in [3.05, 3.63) is 63.6 Å². The van der Waals surface area contributed by atoms with Crippen molar-refractivity contribution in [2.75, 3.05) is 11.9 Å². The molecule has 2 aromatic carbocycles. The van der Waals surface area contributed by atoms with Crippen molar-refractivity contribution in [2.45, 2.75) is 11.9 Å². The van der Waals surface area contributed by atoms with Crippen LogP contribution < -0.4 is 4.90 Å². The van der Waals surface area contributed by atoms with Crippen LogP contribution in [0.4, 0.5) is 5.69 Å². The third kappa shape index (κ3) is 3.65. The molecule has 0 aliphatic heterocycles. The zero-order valence-corrected chi connectivity index (χ0v) is 13.6. The maximum Gasteiger partial charge on any atom is 0.0467 e. The summed E-state index contributed by atoms with van der Waals surface area (Å²) in [4.78, 5) is 2.17. The Bertz CT molecular complexity index is 572. The van der Waals surface area contributed by atoms with E-state index in [9.17, 15) is 0 Å². The fourth-order valence-electron chi connectivity index (χ4n) is 2.03. The van der Waals surface area contributed by atoms with Gasteiger partial charge in [0.05, 0.1) is 0 Å². The Labute approximate surface area is 132 Å². The number of rotatable bonds is 4. The quantitative estimate of drug-likeness (QED) is 0.650. The molecule has 2 rings (SSSR count). The molecule has 0 aliphatic carbocycles. The van der Waals surface area contributed by atoms with Crippen LogP contribution in [0.3, 0.4) is 0 Å². The van der Waals surface area contributed by atoms with E-state index in [1.807, 2.05) is 30.3 Å². The summed E-state index contributed by atoms with van der Waals surface area (Å²) < 4.78 is 0. The van der Waals surface area contributed by atoms with Gasteiger partial charge in [0.15, 0.2) is 0 Å². The molecule has 4 heteroatoms. The molecule has 0 spiro atoms. The fraction of sp³-hybridized carbons (Fsp3) is 0.200. The topological polar surface area (TPSA) is 3.24 Å². The van der Waals surface area contributed by atoms with E-state index in [1.165, 1.54) is 5.56 Å². The molecule has 0 unspecified atom stereocenters. The van der Waals surface area contributed by atoms with Gasteiger partial charge in [-0.3, -0.25) is 0 Å². The molecule has 0 radical (unpaired) electrons. The highest BCUT2D eigenvalue weighted by Crippen LogP contribution is 2.29. The van der Waals surface area contributed by atoms with Crippen molar-refractivity contribution in [1.82, 2.24) is 0 Å². The summed E-state index contributed by atoms with van der Waals surface area (Å²) in [6.45, 7) is 0.793. The number of anilines is 1. The number of nitrogens with zero attached hydrogens (tertiary/aromatic N) is 1. The molecule has 0 N–H and O–H groups in total. The molecule has 0 aliphatic rings. The van der Waals surface area contributed by atoms with Gasteiger partial charge in [-0.25, -0.2) is 0 Å². The van der Waals surface area contributed by atoms with Crippen molar-refractivity contribution >= 4 is 44.8 Å². The molecule has 19 heavy (non-hydrogen) atoms. The Hall–Kier alpha value is -0.700. The van der Waals surface area contributed by atoms with Gasteiger partial charge in [0.1, 0.15) is 0 Å². The molecule has 2 aromatic rings. The highest BCUT2D eigenvalue weighted by atomic mass is 79.9. The molecule has 0 saturated heterocycles. The second-order valence-corrected chi connectivity index (χ2v) is 5.76. The zero-order chi connectivity index (χ0) is 13.8. The lowest BCUT2D eigenvalue weighted by Crippen LogP contribution is -2.17. The summed E-state index contributed by atoms with van der Waals surface area (Å²) in [5.74, 6) is 0. The van der Waals surface area contributed by atoms with E-state index in [1.54, 1.807) is 0 Å². The predicted molar refractivity (Wildman–Crippen MR) is 87.6 cm³/mol. The maximum atomic E-state index is 6.22. The summed E-state index contributed by atoms with van der Waals surface area (Å²) >= 11 is 15.7. The van der Waals surface area contributed by atoms with Crippen LogP contribution in [0.15, 0.2) is 42.5 Å². The Morgan fingerprint density at radius 3 is 2.53 bits per heavy atom. The highest BCUT2D eigenvalue weighted by molar-refractivity contribution is 9.08. The van der Waals surface area contributed by atoms with Crippen LogP contribution >= 0.6 is 39.1 Å². The summed E-state index contributed by atoms with van der Waals surface area (Å²) in [6, 6.07) is 13.9. The molecule has 0 atom stereocenters. The molecule has 0 fully saturated rings. The lowest BCUT2D eigenvalue weighted by molar-refractivity contribution is 0.917. The molecule has 0 aromatic heterocycles. The minimum atomic E-state index is 0.738. The summed E-state index contributed by atoms with van der Waals surface area (Å²) in [5.41, 5.74) is 3.41. The van der Waals surface area contributed by atoms with Gasteiger partial charge in [0.2, 0.25) is 0 Å². The smallest absolute Gasteiger partial charge is 0.0467 e. The van der Waals surface area contributed by atoms with Crippen LogP contribution in [0.2, 0.25) is 10.0 Å². The lowest BCUT2D eigenvalue weighted by atomic mass is 10.1. The molecule has 0 amide bonds. The lowest BCUT2D eigenvalue weighted by Gasteiger charge is -2.22. The van der Waals surface area contributed by atoms with Gasteiger partial charge < -0.3 is 4.90 Å². The van der Waals surface area contributed by atoms with Gasteiger partial charge in [0.25, 0.3) is 0 Å². The third-order valence-corrected chi connectivity index (χ3v) is 4.10. The van der Waals surface area contributed by atoms with E-state index < -0.39 is 0 Å². The average Bonchev–Trinajstić information content (AvgIpc) is 2.38. The molecule has 0 bridgehead atoms. The van der Waals surface area contributed by atoms with Crippen LogP contribution in [0.25, 0.3) is 0 Å². The Kier molecular flexibility index (Phi) is 5.14. The molecular weight excluding hydrogens is 345 g/mol. The van der Waals surface area contributed by atoms with E-state index in [0.29, 0.717) is 0 Å². The van der Waals surface area contributed by atoms with Crippen molar-refractivity contribution in [3.63, 3.8) is 0 Å². The van der Waals surface area contributed by atoms with Crippen LogP contribution in [-0.2, 0) is 11.9 Å². The van der Waals surface area contributed by atoms with E-state index in [4.69, 9.17) is 23.2 Å².